The summed E-state index contributed by atoms with van der Waals surface area (Å²) in [4.78, 5) is 5.43. The molecule has 0 aromatic carbocycles. The third-order valence-corrected chi connectivity index (χ3v) is 5.81. The van der Waals surface area contributed by atoms with Gasteiger partial charge in [0.2, 0.25) is 0 Å². The third kappa shape index (κ3) is 3.98. The van der Waals surface area contributed by atoms with E-state index in [1.807, 2.05) is 0 Å². The first-order valence-electron chi connectivity index (χ1n) is 9.06. The Hall–Kier alpha value is -0.160. The highest BCUT2D eigenvalue weighted by Gasteiger charge is 2.36. The summed E-state index contributed by atoms with van der Waals surface area (Å²) < 4.78 is 5.49. The zero-order chi connectivity index (χ0) is 14.5. The van der Waals surface area contributed by atoms with Gasteiger partial charge in [0.25, 0.3) is 0 Å². The van der Waals surface area contributed by atoms with Gasteiger partial charge in [-0.15, -0.1) is 0 Å². The Morgan fingerprint density at radius 3 is 2.62 bits per heavy atom. The first kappa shape index (κ1) is 15.7. The molecule has 3 aliphatic rings. The first-order chi connectivity index (χ1) is 10.3. The molecule has 1 atom stereocenters. The van der Waals surface area contributed by atoms with Gasteiger partial charge in [0.1, 0.15) is 0 Å². The summed E-state index contributed by atoms with van der Waals surface area (Å²) in [6, 6.07) is 0.786. The van der Waals surface area contributed by atoms with E-state index in [1.54, 1.807) is 0 Å². The minimum absolute atomic E-state index is 0.597. The molecule has 0 saturated carbocycles. The van der Waals surface area contributed by atoms with Crippen LogP contribution in [0.5, 0.6) is 0 Å². The normalized spacial score (nSPS) is 31.6. The lowest BCUT2D eigenvalue weighted by Crippen LogP contribution is -2.47. The number of piperidine rings is 1. The predicted molar refractivity (Wildman–Crippen MR) is 86.7 cm³/mol. The van der Waals surface area contributed by atoms with Crippen LogP contribution in [0, 0.1) is 5.41 Å². The van der Waals surface area contributed by atoms with E-state index in [0.29, 0.717) is 5.41 Å². The maximum atomic E-state index is 5.49. The van der Waals surface area contributed by atoms with Crippen LogP contribution in [0.25, 0.3) is 0 Å². The van der Waals surface area contributed by atoms with Crippen molar-refractivity contribution < 1.29 is 4.74 Å². The smallest absolute Gasteiger partial charge is 0.0594 e. The number of morpholine rings is 1. The number of hydrogen-bond donors (Lipinski definition) is 1. The quantitative estimate of drug-likeness (QED) is 0.833. The van der Waals surface area contributed by atoms with Gasteiger partial charge in [0.15, 0.2) is 0 Å². The molecule has 3 aliphatic heterocycles. The van der Waals surface area contributed by atoms with Crippen molar-refractivity contribution in [1.82, 2.24) is 15.1 Å². The molecule has 3 rings (SSSR count). The number of nitrogens with one attached hydrogen (secondary N) is 1. The van der Waals surface area contributed by atoms with Crippen molar-refractivity contribution in [2.75, 3.05) is 59.0 Å². The molecule has 3 fully saturated rings. The molecule has 21 heavy (non-hydrogen) atoms. The first-order valence-corrected chi connectivity index (χ1v) is 9.06. The van der Waals surface area contributed by atoms with Crippen LogP contribution in [0.15, 0.2) is 0 Å². The number of rotatable bonds is 5. The molecule has 3 heterocycles. The number of nitrogens with zero attached hydrogens (tertiary/aromatic N) is 2. The van der Waals surface area contributed by atoms with Crippen molar-refractivity contribution >= 4 is 0 Å². The van der Waals surface area contributed by atoms with Gasteiger partial charge in [-0.1, -0.05) is 13.3 Å². The molecule has 0 bridgehead atoms. The minimum Gasteiger partial charge on any atom is -0.379 e. The molecular weight excluding hydrogens is 262 g/mol. The second-order valence-electron chi connectivity index (χ2n) is 7.33. The number of hydrogen-bond acceptors (Lipinski definition) is 4. The summed E-state index contributed by atoms with van der Waals surface area (Å²) in [6.07, 6.45) is 6.85. The number of likely N-dealkylation sites (tertiary alicyclic amines) is 1. The minimum atomic E-state index is 0.597. The zero-order valence-corrected chi connectivity index (χ0v) is 13.8. The van der Waals surface area contributed by atoms with E-state index in [-0.39, 0.29) is 0 Å². The standard InChI is InChI=1S/C17H33N3O/c1-2-4-17(5-7-18-8-6-17)15-19-9-3-16(14-19)20-10-12-21-13-11-20/h16,18H,2-15H2,1H3. The van der Waals surface area contributed by atoms with Gasteiger partial charge in [-0.05, 0) is 50.7 Å². The molecule has 0 radical (unpaired) electrons. The summed E-state index contributed by atoms with van der Waals surface area (Å²) in [5.41, 5.74) is 0.597. The zero-order valence-electron chi connectivity index (χ0n) is 13.8. The van der Waals surface area contributed by atoms with E-state index in [2.05, 4.69) is 22.0 Å². The van der Waals surface area contributed by atoms with Crippen molar-refractivity contribution in [3.05, 3.63) is 0 Å². The van der Waals surface area contributed by atoms with Crippen LogP contribution < -0.4 is 5.32 Å². The van der Waals surface area contributed by atoms with E-state index in [0.717, 1.165) is 32.3 Å². The molecule has 3 saturated heterocycles. The van der Waals surface area contributed by atoms with Crippen LogP contribution in [0.3, 0.4) is 0 Å². The SMILES string of the molecule is CCCC1(CN2CCC(N3CCOCC3)C2)CCNCC1. The lowest BCUT2D eigenvalue weighted by atomic mass is 9.75. The summed E-state index contributed by atoms with van der Waals surface area (Å²) in [5, 5.41) is 3.54. The van der Waals surface area contributed by atoms with Crippen molar-refractivity contribution in [2.24, 2.45) is 5.41 Å². The maximum absolute atomic E-state index is 5.49. The number of ether oxygens (including phenoxy) is 1. The lowest BCUT2D eigenvalue weighted by molar-refractivity contribution is 0.0169. The second kappa shape index (κ2) is 7.40. The van der Waals surface area contributed by atoms with Crippen molar-refractivity contribution in [3.63, 3.8) is 0 Å². The van der Waals surface area contributed by atoms with Gasteiger partial charge < -0.3 is 15.0 Å². The molecular formula is C17H33N3O. The molecule has 1 N–H and O–H groups in total. The van der Waals surface area contributed by atoms with Crippen molar-refractivity contribution in [2.45, 2.75) is 45.1 Å². The average Bonchev–Trinajstić information content (AvgIpc) is 2.97. The fourth-order valence-corrected chi connectivity index (χ4v) is 4.65. The van der Waals surface area contributed by atoms with E-state index >= 15 is 0 Å². The van der Waals surface area contributed by atoms with Gasteiger partial charge in [-0.2, -0.15) is 0 Å². The Bertz CT molecular complexity index is 306. The summed E-state index contributed by atoms with van der Waals surface area (Å²) in [7, 11) is 0. The van der Waals surface area contributed by atoms with Crippen LogP contribution in [0.1, 0.15) is 39.0 Å². The summed E-state index contributed by atoms with van der Waals surface area (Å²) in [5.74, 6) is 0. The fourth-order valence-electron chi connectivity index (χ4n) is 4.65. The van der Waals surface area contributed by atoms with E-state index < -0.39 is 0 Å². The summed E-state index contributed by atoms with van der Waals surface area (Å²) >= 11 is 0. The molecule has 122 valence electrons. The maximum Gasteiger partial charge on any atom is 0.0594 e. The van der Waals surface area contributed by atoms with Crippen LogP contribution in [-0.4, -0.2) is 74.9 Å². The molecule has 0 spiro atoms. The topological polar surface area (TPSA) is 27.7 Å². The lowest BCUT2D eigenvalue weighted by Gasteiger charge is -2.41. The fraction of sp³-hybridized carbons (Fsp3) is 1.00. The van der Waals surface area contributed by atoms with Gasteiger partial charge in [-0.25, -0.2) is 0 Å². The Morgan fingerprint density at radius 2 is 1.90 bits per heavy atom. The summed E-state index contributed by atoms with van der Waals surface area (Å²) in [6.45, 7) is 12.9. The monoisotopic (exact) mass is 295 g/mol. The molecule has 0 aromatic heterocycles. The van der Waals surface area contributed by atoms with E-state index in [9.17, 15) is 0 Å². The molecule has 4 nitrogen and oxygen atoms in total. The largest absolute Gasteiger partial charge is 0.379 e. The van der Waals surface area contributed by atoms with Gasteiger partial charge in [0, 0.05) is 32.2 Å². The van der Waals surface area contributed by atoms with Crippen molar-refractivity contribution in [1.29, 1.82) is 0 Å². The van der Waals surface area contributed by atoms with Crippen molar-refractivity contribution in [3.8, 4) is 0 Å². The van der Waals surface area contributed by atoms with Gasteiger partial charge in [-0.3, -0.25) is 4.90 Å². The van der Waals surface area contributed by atoms with Crippen LogP contribution in [-0.2, 0) is 4.74 Å². The molecule has 0 amide bonds. The Labute approximate surface area is 130 Å². The highest BCUT2D eigenvalue weighted by Crippen LogP contribution is 2.36. The van der Waals surface area contributed by atoms with Crippen LogP contribution >= 0.6 is 0 Å². The average molecular weight is 295 g/mol. The molecule has 1 unspecified atom stereocenters. The van der Waals surface area contributed by atoms with E-state index in [1.165, 1.54) is 64.8 Å². The third-order valence-electron chi connectivity index (χ3n) is 5.81. The molecule has 4 heteroatoms. The molecule has 0 aromatic rings. The highest BCUT2D eigenvalue weighted by molar-refractivity contribution is 4.91. The van der Waals surface area contributed by atoms with E-state index in [4.69, 9.17) is 4.74 Å². The van der Waals surface area contributed by atoms with Crippen LogP contribution in [0.2, 0.25) is 0 Å². The highest BCUT2D eigenvalue weighted by atomic mass is 16.5. The van der Waals surface area contributed by atoms with Gasteiger partial charge >= 0.3 is 0 Å². The Kier molecular flexibility index (Phi) is 5.54. The predicted octanol–water partition coefficient (Wildman–Crippen LogP) is 1.56. The van der Waals surface area contributed by atoms with Crippen LogP contribution in [0.4, 0.5) is 0 Å². The Morgan fingerprint density at radius 1 is 1.14 bits per heavy atom. The van der Waals surface area contributed by atoms with Gasteiger partial charge in [0.05, 0.1) is 13.2 Å². The molecule has 0 aliphatic carbocycles. The Balaban J connectivity index is 1.52. The second-order valence-corrected chi connectivity index (χ2v) is 7.33.